The summed E-state index contributed by atoms with van der Waals surface area (Å²) in [7, 11) is 0. The summed E-state index contributed by atoms with van der Waals surface area (Å²) in [6.45, 7) is 0.408. The van der Waals surface area contributed by atoms with Crippen LogP contribution in [-0.4, -0.2) is 20.7 Å². The van der Waals surface area contributed by atoms with Crippen molar-refractivity contribution in [2.45, 2.75) is 6.54 Å². The van der Waals surface area contributed by atoms with E-state index < -0.39 is 0 Å². The molecule has 0 aliphatic rings. The summed E-state index contributed by atoms with van der Waals surface area (Å²) in [6, 6.07) is 16.8. The summed E-state index contributed by atoms with van der Waals surface area (Å²) < 4.78 is 1.66. The van der Waals surface area contributed by atoms with E-state index in [1.807, 2.05) is 36.4 Å². The Bertz CT molecular complexity index is 1120. The molecule has 4 rings (SSSR count). The maximum absolute atomic E-state index is 12.6. The third kappa shape index (κ3) is 4.09. The van der Waals surface area contributed by atoms with Gasteiger partial charge >= 0.3 is 0 Å². The molecular weight excluding hydrogens is 415 g/mol. The van der Waals surface area contributed by atoms with E-state index in [-0.39, 0.29) is 5.91 Å². The van der Waals surface area contributed by atoms with E-state index in [2.05, 4.69) is 15.4 Å². The molecule has 2 aromatic carbocycles. The van der Waals surface area contributed by atoms with Crippen LogP contribution in [-0.2, 0) is 6.54 Å². The van der Waals surface area contributed by atoms with Crippen molar-refractivity contribution in [2.24, 2.45) is 0 Å². The fourth-order valence-electron chi connectivity index (χ4n) is 2.65. The normalized spacial score (nSPS) is 10.8. The predicted octanol–water partition coefficient (Wildman–Crippen LogP) is 5.61. The Morgan fingerprint density at radius 2 is 1.93 bits per heavy atom. The first-order chi connectivity index (χ1) is 13.6. The van der Waals surface area contributed by atoms with E-state index in [9.17, 15) is 4.79 Å². The van der Waals surface area contributed by atoms with E-state index in [1.54, 1.807) is 34.5 Å². The van der Waals surface area contributed by atoms with Gasteiger partial charge in [-0.1, -0.05) is 59.6 Å². The molecule has 28 heavy (non-hydrogen) atoms. The summed E-state index contributed by atoms with van der Waals surface area (Å²) >= 11 is 13.6. The van der Waals surface area contributed by atoms with Crippen molar-refractivity contribution in [1.29, 1.82) is 0 Å². The Hall–Kier alpha value is -2.67. The molecule has 0 aliphatic heterocycles. The zero-order valence-corrected chi connectivity index (χ0v) is 16.8. The van der Waals surface area contributed by atoms with Gasteiger partial charge in [-0.2, -0.15) is 5.10 Å². The van der Waals surface area contributed by atoms with Crippen molar-refractivity contribution in [2.75, 3.05) is 5.32 Å². The van der Waals surface area contributed by atoms with Crippen LogP contribution in [0.1, 0.15) is 16.1 Å². The van der Waals surface area contributed by atoms with Crippen LogP contribution in [0.15, 0.2) is 66.2 Å². The van der Waals surface area contributed by atoms with Crippen LogP contribution in [0, 0.1) is 0 Å². The van der Waals surface area contributed by atoms with Gasteiger partial charge in [-0.15, -0.1) is 11.3 Å². The molecule has 0 unspecified atom stereocenters. The first-order valence-corrected chi connectivity index (χ1v) is 10.0. The number of benzene rings is 2. The van der Waals surface area contributed by atoms with Gasteiger partial charge in [0.05, 0.1) is 12.7 Å². The zero-order valence-electron chi connectivity index (χ0n) is 14.5. The Balaban J connectivity index is 1.50. The second-order valence-electron chi connectivity index (χ2n) is 5.97. The molecular formula is C20H14Cl2N4OS. The number of nitrogens with one attached hydrogen (secondary N) is 1. The standard InChI is InChI=1S/C20H14Cl2N4OS/c21-15-7-6-14(16(22)10-15)11-26-18(8-9-23-26)25-19(27)17-12-28-20(24-17)13-4-2-1-3-5-13/h1-10,12H,11H2,(H,25,27). The minimum absolute atomic E-state index is 0.289. The molecule has 1 N–H and O–H groups in total. The molecule has 8 heteroatoms. The van der Waals surface area contributed by atoms with Crippen LogP contribution in [0.4, 0.5) is 5.82 Å². The maximum atomic E-state index is 12.6. The molecule has 2 heterocycles. The van der Waals surface area contributed by atoms with Crippen LogP contribution in [0.25, 0.3) is 10.6 Å². The first-order valence-electron chi connectivity index (χ1n) is 8.38. The molecule has 0 aliphatic carbocycles. The third-order valence-corrected chi connectivity index (χ3v) is 5.53. The number of hydrogen-bond donors (Lipinski definition) is 1. The number of amides is 1. The van der Waals surface area contributed by atoms with Gasteiger partial charge in [0.2, 0.25) is 0 Å². The molecule has 0 bridgehead atoms. The van der Waals surface area contributed by atoms with E-state index >= 15 is 0 Å². The first kappa shape index (κ1) is 18.7. The lowest BCUT2D eigenvalue weighted by Crippen LogP contribution is -2.16. The van der Waals surface area contributed by atoms with Crippen molar-refractivity contribution >= 4 is 46.3 Å². The Morgan fingerprint density at radius 1 is 1.11 bits per heavy atom. The lowest BCUT2D eigenvalue weighted by atomic mass is 10.2. The molecule has 1 amide bonds. The molecule has 0 spiro atoms. The topological polar surface area (TPSA) is 59.8 Å². The highest BCUT2D eigenvalue weighted by Crippen LogP contribution is 2.25. The number of halogens is 2. The van der Waals surface area contributed by atoms with Gasteiger partial charge in [0.15, 0.2) is 0 Å². The van der Waals surface area contributed by atoms with Crippen LogP contribution < -0.4 is 5.32 Å². The van der Waals surface area contributed by atoms with Crippen LogP contribution in [0.2, 0.25) is 10.0 Å². The second-order valence-corrected chi connectivity index (χ2v) is 7.67. The smallest absolute Gasteiger partial charge is 0.276 e. The highest BCUT2D eigenvalue weighted by Gasteiger charge is 2.15. The second kappa shape index (κ2) is 8.14. The summed E-state index contributed by atoms with van der Waals surface area (Å²) in [5, 5.41) is 10.8. The predicted molar refractivity (Wildman–Crippen MR) is 113 cm³/mol. The van der Waals surface area contributed by atoms with Gasteiger partial charge in [-0.3, -0.25) is 4.79 Å². The number of aromatic nitrogens is 3. The Morgan fingerprint density at radius 3 is 2.71 bits per heavy atom. The van der Waals surface area contributed by atoms with Gasteiger partial charge in [-0.25, -0.2) is 9.67 Å². The lowest BCUT2D eigenvalue weighted by molar-refractivity contribution is 0.102. The average molecular weight is 429 g/mol. The highest BCUT2D eigenvalue weighted by molar-refractivity contribution is 7.13. The summed E-state index contributed by atoms with van der Waals surface area (Å²) in [5.41, 5.74) is 2.19. The molecule has 0 saturated heterocycles. The number of thiazole rings is 1. The lowest BCUT2D eigenvalue weighted by Gasteiger charge is -2.10. The van der Waals surface area contributed by atoms with Crippen molar-refractivity contribution in [3.05, 3.63) is 87.5 Å². The number of hydrogen-bond acceptors (Lipinski definition) is 4. The van der Waals surface area contributed by atoms with Crippen LogP contribution >= 0.6 is 34.5 Å². The number of carbonyl (C=O) groups excluding carboxylic acids is 1. The van der Waals surface area contributed by atoms with E-state index in [0.717, 1.165) is 16.1 Å². The van der Waals surface area contributed by atoms with Gasteiger partial charge in [-0.05, 0) is 17.7 Å². The minimum atomic E-state index is -0.289. The largest absolute Gasteiger partial charge is 0.305 e. The molecule has 0 atom stereocenters. The molecule has 0 radical (unpaired) electrons. The number of carbonyl (C=O) groups is 1. The van der Waals surface area contributed by atoms with Gasteiger partial charge in [0.1, 0.15) is 16.5 Å². The average Bonchev–Trinajstić information content (AvgIpc) is 3.35. The molecule has 5 nitrogen and oxygen atoms in total. The molecule has 2 aromatic heterocycles. The third-order valence-electron chi connectivity index (χ3n) is 4.05. The van der Waals surface area contributed by atoms with Crippen molar-refractivity contribution < 1.29 is 4.79 Å². The van der Waals surface area contributed by atoms with E-state index in [0.29, 0.717) is 28.1 Å². The monoisotopic (exact) mass is 428 g/mol. The van der Waals surface area contributed by atoms with Gasteiger partial charge < -0.3 is 5.32 Å². The minimum Gasteiger partial charge on any atom is -0.305 e. The summed E-state index contributed by atoms with van der Waals surface area (Å²) in [4.78, 5) is 17.1. The fraction of sp³-hybridized carbons (Fsp3) is 0.0500. The van der Waals surface area contributed by atoms with Crippen LogP contribution in [0.3, 0.4) is 0 Å². The molecule has 4 aromatic rings. The number of rotatable bonds is 5. The van der Waals surface area contributed by atoms with Gasteiger partial charge in [0, 0.05) is 27.1 Å². The van der Waals surface area contributed by atoms with Crippen molar-refractivity contribution in [3.8, 4) is 10.6 Å². The van der Waals surface area contributed by atoms with E-state index in [4.69, 9.17) is 23.2 Å². The number of nitrogens with zero attached hydrogens (tertiary/aromatic N) is 3. The Kier molecular flexibility index (Phi) is 5.43. The quantitative estimate of drug-likeness (QED) is 0.448. The van der Waals surface area contributed by atoms with E-state index in [1.165, 1.54) is 11.3 Å². The summed E-state index contributed by atoms with van der Waals surface area (Å²) in [6.07, 6.45) is 1.62. The SMILES string of the molecule is O=C(Nc1ccnn1Cc1ccc(Cl)cc1Cl)c1csc(-c2ccccc2)n1. The van der Waals surface area contributed by atoms with Crippen molar-refractivity contribution in [1.82, 2.24) is 14.8 Å². The maximum Gasteiger partial charge on any atom is 0.276 e. The molecule has 0 saturated carbocycles. The summed E-state index contributed by atoms with van der Waals surface area (Å²) in [5.74, 6) is 0.271. The number of anilines is 1. The van der Waals surface area contributed by atoms with Gasteiger partial charge in [0.25, 0.3) is 5.91 Å². The Labute approximate surface area is 175 Å². The zero-order chi connectivity index (χ0) is 19.5. The van der Waals surface area contributed by atoms with Crippen molar-refractivity contribution in [3.63, 3.8) is 0 Å². The molecule has 140 valence electrons. The molecule has 0 fully saturated rings. The highest BCUT2D eigenvalue weighted by atomic mass is 35.5. The fourth-order valence-corrected chi connectivity index (χ4v) is 3.92. The van der Waals surface area contributed by atoms with Crippen LogP contribution in [0.5, 0.6) is 0 Å².